The van der Waals surface area contributed by atoms with Gasteiger partial charge in [-0.2, -0.15) is 8.42 Å². The van der Waals surface area contributed by atoms with Gasteiger partial charge in [-0.15, -0.1) is 0 Å². The first-order chi connectivity index (χ1) is 49.0. The third-order valence-corrected chi connectivity index (χ3v) is 22.6. The predicted octanol–water partition coefficient (Wildman–Crippen LogP) is 18.5. The summed E-state index contributed by atoms with van der Waals surface area (Å²) in [4.78, 5) is 0.0958. The van der Waals surface area contributed by atoms with Crippen molar-refractivity contribution >= 4 is 10.1 Å². The van der Waals surface area contributed by atoms with Gasteiger partial charge in [0.2, 0.25) is 0 Å². The molecule has 4 N–H and O–H groups in total. The number of ether oxygens (including phenoxy) is 6. The fourth-order valence-corrected chi connectivity index (χ4v) is 15.0. The molecule has 0 spiro atoms. The molecule has 105 heavy (non-hydrogen) atoms. The number of phenols is 4. The van der Waals surface area contributed by atoms with Gasteiger partial charge >= 0.3 is 0 Å². The minimum Gasteiger partial charge on any atom is -0.507 e. The summed E-state index contributed by atoms with van der Waals surface area (Å²) in [7, 11) is -3.93. The van der Waals surface area contributed by atoms with Gasteiger partial charge in [-0.1, -0.05) is 222 Å². The molecule has 2 heterocycles. The highest BCUT2D eigenvalue weighted by Gasteiger charge is 2.33. The smallest absolute Gasteiger partial charge is 0.297 e. The molecule has 1 aliphatic carbocycles. The highest BCUT2D eigenvalue weighted by molar-refractivity contribution is 7.86. The Bertz CT molecular complexity index is 3860. The molecule has 7 aromatic carbocycles. The van der Waals surface area contributed by atoms with E-state index in [1.165, 1.54) is 12.1 Å². The van der Waals surface area contributed by atoms with E-state index in [0.29, 0.717) is 104 Å². The van der Waals surface area contributed by atoms with Gasteiger partial charge in [0, 0.05) is 43.9 Å². The summed E-state index contributed by atoms with van der Waals surface area (Å²) in [6.45, 7) is 47.2. The summed E-state index contributed by atoms with van der Waals surface area (Å²) in [5.41, 5.74) is 17.4. The van der Waals surface area contributed by atoms with Crippen molar-refractivity contribution in [2.45, 2.75) is 234 Å². The first kappa shape index (κ1) is 82.5. The Kier molecular flexibility index (Phi) is 26.3. The lowest BCUT2D eigenvalue weighted by Crippen LogP contribution is -2.38. The van der Waals surface area contributed by atoms with Crippen LogP contribution in [0.15, 0.2) is 102 Å². The fraction of sp³-hybridized carbons (Fsp3) is 0.538. The predicted molar refractivity (Wildman–Crippen MR) is 424 cm³/mol. The van der Waals surface area contributed by atoms with Crippen LogP contribution < -0.4 is 0 Å². The van der Waals surface area contributed by atoms with Crippen LogP contribution in [-0.4, -0.2) is 115 Å². The summed E-state index contributed by atoms with van der Waals surface area (Å²) in [5, 5.41) is 52.6. The van der Waals surface area contributed by atoms with Crippen molar-refractivity contribution in [1.29, 1.82) is 0 Å². The van der Waals surface area contributed by atoms with E-state index >= 15 is 0 Å². The van der Waals surface area contributed by atoms with Crippen LogP contribution in [0.2, 0.25) is 0 Å². The van der Waals surface area contributed by atoms with Gasteiger partial charge in [-0.3, -0.25) is 4.18 Å². The molecule has 0 unspecified atom stereocenters. The fourth-order valence-electron chi connectivity index (χ4n) is 14.1. The number of phenolic OH excluding ortho intramolecular Hbond substituents is 4. The average Bonchev–Trinajstić information content (AvgIpc) is 0.782. The molecule has 7 aromatic rings. The van der Waals surface area contributed by atoms with E-state index in [1.807, 2.05) is 6.92 Å². The summed E-state index contributed by atoms with van der Waals surface area (Å²) < 4.78 is 69.5. The van der Waals surface area contributed by atoms with Crippen LogP contribution in [0.5, 0.6) is 23.0 Å². The number of fused-ring (bicyclic) bond motifs is 14. The standard InChI is InChI=1S/C91H124O13S/c1-21-91(58-103-35-32-100-36-37-104-105(96,97)78-24-22-59(2)23-25-78)56-101-33-30-98-28-26-79-60-38-64-48-74(87(9,10)11)52-68(81(64)92)42-70-54-76(89(15,16)17)50-66(83(70)94)40-62-46-73(86(6,7)8)47-63(80(62)27-29-99-31-34-102-57-91)41-67-51-77(90(18,19)20)55-71(84(67)95)43-69-53-75(88(12,13)14)49-65(82(69)93)39-61(79)45-72(44-60)85(3,4)5/h22-25,44-55,92-95H,21,26-43,56-58H2,1-20H3. The normalized spacial score (nSPS) is 16.1. The molecule has 0 radical (unpaired) electrons. The van der Waals surface area contributed by atoms with Crippen molar-refractivity contribution in [3.63, 3.8) is 0 Å². The molecule has 0 atom stereocenters. The molecular weight excluding hydrogens is 1330 g/mol. The Hall–Kier alpha value is -6.59. The van der Waals surface area contributed by atoms with Crippen LogP contribution in [0.1, 0.15) is 255 Å². The monoisotopic (exact) mass is 1460 g/mol. The van der Waals surface area contributed by atoms with E-state index in [1.54, 1.807) is 12.1 Å². The van der Waals surface area contributed by atoms with Crippen molar-refractivity contribution in [3.05, 3.63) is 214 Å². The van der Waals surface area contributed by atoms with Crippen LogP contribution >= 0.6 is 0 Å². The van der Waals surface area contributed by atoms with Gasteiger partial charge < -0.3 is 48.8 Å². The highest BCUT2D eigenvalue weighted by atomic mass is 32.2. The molecule has 0 fully saturated rings. The first-order valence-corrected chi connectivity index (χ1v) is 39.6. The molecule has 0 aromatic heterocycles. The van der Waals surface area contributed by atoms with Crippen molar-refractivity contribution in [2.24, 2.45) is 5.41 Å². The van der Waals surface area contributed by atoms with Crippen molar-refractivity contribution in [1.82, 2.24) is 0 Å². The molecule has 14 heteroatoms. The lowest BCUT2D eigenvalue weighted by molar-refractivity contribution is -0.0893. The number of hydrogen-bond donors (Lipinski definition) is 4. The van der Waals surface area contributed by atoms with Crippen LogP contribution in [0.4, 0.5) is 0 Å². The topological polar surface area (TPSA) is 180 Å². The van der Waals surface area contributed by atoms with E-state index < -0.39 is 15.5 Å². The second kappa shape index (κ2) is 33.5. The van der Waals surface area contributed by atoms with Gasteiger partial charge in [0.15, 0.2) is 0 Å². The molecule has 0 saturated heterocycles. The van der Waals surface area contributed by atoms with Gasteiger partial charge in [-0.05, 0) is 182 Å². The Labute approximate surface area is 629 Å². The van der Waals surface area contributed by atoms with Gasteiger partial charge in [-0.25, -0.2) is 0 Å². The summed E-state index contributed by atoms with van der Waals surface area (Å²) >= 11 is 0. The minimum absolute atomic E-state index is 0.0618. The van der Waals surface area contributed by atoms with Crippen LogP contribution in [0.25, 0.3) is 0 Å². The quantitative estimate of drug-likeness (QED) is 0.0711. The molecule has 2 aliphatic heterocycles. The molecule has 14 bridgehead atoms. The number of benzene rings is 7. The zero-order chi connectivity index (χ0) is 76.8. The highest BCUT2D eigenvalue weighted by Crippen LogP contribution is 2.44. The lowest BCUT2D eigenvalue weighted by atomic mass is 9.78. The zero-order valence-corrected chi connectivity index (χ0v) is 68.0. The van der Waals surface area contributed by atoms with E-state index in [0.717, 1.165) is 117 Å². The summed E-state index contributed by atoms with van der Waals surface area (Å²) in [6.07, 6.45) is 3.83. The third-order valence-electron chi connectivity index (χ3n) is 21.3. The van der Waals surface area contributed by atoms with Crippen LogP contribution in [0, 0.1) is 12.3 Å². The summed E-state index contributed by atoms with van der Waals surface area (Å²) in [5.74, 6) is 0.789. The van der Waals surface area contributed by atoms with E-state index in [9.17, 15) is 28.8 Å². The molecule has 13 nitrogen and oxygen atoms in total. The third kappa shape index (κ3) is 21.4. The largest absolute Gasteiger partial charge is 0.507 e. The molecule has 0 amide bonds. The summed E-state index contributed by atoms with van der Waals surface area (Å²) in [6, 6.07) is 33.0. The maximum absolute atomic E-state index is 13.1. The van der Waals surface area contributed by atoms with Gasteiger partial charge in [0.25, 0.3) is 10.1 Å². The molecule has 572 valence electrons. The Morgan fingerprint density at radius 3 is 0.905 bits per heavy atom. The second-order valence-electron chi connectivity index (χ2n) is 36.1. The number of aromatic hydroxyl groups is 4. The molecule has 3 aliphatic rings. The lowest BCUT2D eigenvalue weighted by Gasteiger charge is -2.32. The van der Waals surface area contributed by atoms with E-state index in [-0.39, 0.29) is 99.7 Å². The maximum Gasteiger partial charge on any atom is 0.297 e. The Morgan fingerprint density at radius 2 is 0.619 bits per heavy atom. The Morgan fingerprint density at radius 1 is 0.362 bits per heavy atom. The molecular formula is C91H124O13S. The van der Waals surface area contributed by atoms with Gasteiger partial charge in [0.1, 0.15) is 23.0 Å². The molecule has 0 saturated carbocycles. The van der Waals surface area contributed by atoms with Crippen molar-refractivity contribution < 1.29 is 61.4 Å². The minimum atomic E-state index is -3.93. The van der Waals surface area contributed by atoms with Crippen LogP contribution in [0.3, 0.4) is 0 Å². The number of rotatable bonds is 11. The van der Waals surface area contributed by atoms with Crippen molar-refractivity contribution in [3.8, 4) is 23.0 Å². The van der Waals surface area contributed by atoms with Crippen LogP contribution in [-0.2, 0) is 127 Å². The van der Waals surface area contributed by atoms with Crippen molar-refractivity contribution in [2.75, 3.05) is 85.9 Å². The molecule has 10 rings (SSSR count). The van der Waals surface area contributed by atoms with E-state index in [4.69, 9.17) is 32.6 Å². The number of hydrogen-bond acceptors (Lipinski definition) is 13. The zero-order valence-electron chi connectivity index (χ0n) is 67.2. The van der Waals surface area contributed by atoms with E-state index in [2.05, 4.69) is 204 Å². The first-order valence-electron chi connectivity index (χ1n) is 38.2. The number of aryl methyl sites for hydroxylation is 1. The van der Waals surface area contributed by atoms with Gasteiger partial charge in [0.05, 0.1) is 90.8 Å². The second-order valence-corrected chi connectivity index (χ2v) is 37.7. The SMILES string of the molecule is CCC1(COCCOCCOS(=O)(=O)c2ccc(C)cc2)COCCOCCc2c3cc(C(C)(C)C)cc2Cc2cc(C(C)(C)C)cc(c2O)Cc2cc(C(C)(C)C)cc(c2O)Cc2cc(C(C)(C)C)cc(c2CCOCCOC1)Cc1cc(C(C)(C)C)cc(c1O)Cc1cc(C(C)(C)C)cc(c1O)C3. The average molecular weight is 1460 g/mol. The Balaban J connectivity index is 1.22. The maximum atomic E-state index is 13.1.